The van der Waals surface area contributed by atoms with Crippen LogP contribution in [0.15, 0.2) is 66.7 Å². The van der Waals surface area contributed by atoms with Gasteiger partial charge in [-0.05, 0) is 49.6 Å². The minimum Gasteiger partial charge on any atom is -0.318 e. The molecule has 0 spiro atoms. The molecule has 1 aliphatic heterocycles. The van der Waals surface area contributed by atoms with Gasteiger partial charge < -0.3 is 15.5 Å². The summed E-state index contributed by atoms with van der Waals surface area (Å²) in [5.41, 5.74) is 0.738. The molecule has 1 fully saturated rings. The highest BCUT2D eigenvalue weighted by Gasteiger charge is 2.51. The van der Waals surface area contributed by atoms with Gasteiger partial charge in [0.2, 0.25) is 0 Å². The summed E-state index contributed by atoms with van der Waals surface area (Å²) in [4.78, 5) is 29.3. The predicted molar refractivity (Wildman–Crippen MR) is 121 cm³/mol. The number of anilines is 2. The lowest BCUT2D eigenvalue weighted by molar-refractivity contribution is 0.180. The first-order valence-corrected chi connectivity index (χ1v) is 10.0. The third-order valence-electron chi connectivity index (χ3n) is 5.68. The van der Waals surface area contributed by atoms with Crippen LogP contribution in [-0.2, 0) is 0 Å². The van der Waals surface area contributed by atoms with Crippen LogP contribution in [0.2, 0.25) is 5.02 Å². The summed E-state index contributed by atoms with van der Waals surface area (Å²) in [6, 6.07) is 20.0. The van der Waals surface area contributed by atoms with Gasteiger partial charge >= 0.3 is 12.1 Å². The van der Waals surface area contributed by atoms with E-state index in [1.165, 1.54) is 0 Å². The number of nitrogens with zero attached hydrogens (tertiary/aromatic N) is 2. The number of halogens is 1. The number of hydrogen-bond donors (Lipinski definition) is 2. The van der Waals surface area contributed by atoms with Crippen molar-refractivity contribution >= 4 is 45.8 Å². The topological polar surface area (TPSA) is 64.7 Å². The first kappa shape index (κ1) is 20.0. The molecule has 4 rings (SSSR count). The average molecular weight is 423 g/mol. The van der Waals surface area contributed by atoms with E-state index in [1.54, 1.807) is 41.1 Å². The molecule has 3 aromatic carbocycles. The van der Waals surface area contributed by atoms with Crippen LogP contribution < -0.4 is 15.5 Å². The lowest BCUT2D eigenvalue weighted by atomic mass is 10.00. The van der Waals surface area contributed by atoms with Crippen molar-refractivity contribution in [1.29, 1.82) is 0 Å². The van der Waals surface area contributed by atoms with Crippen LogP contribution >= 0.6 is 11.6 Å². The van der Waals surface area contributed by atoms with Crippen molar-refractivity contribution in [2.45, 2.75) is 25.6 Å². The largest absolute Gasteiger partial charge is 0.326 e. The lowest BCUT2D eigenvalue weighted by Crippen LogP contribution is -2.56. The fourth-order valence-corrected chi connectivity index (χ4v) is 3.87. The lowest BCUT2D eigenvalue weighted by Gasteiger charge is -2.34. The van der Waals surface area contributed by atoms with E-state index >= 15 is 0 Å². The predicted octanol–water partition coefficient (Wildman–Crippen LogP) is 5.29. The number of hydrogen-bond acceptors (Lipinski definition) is 2. The molecular weight excluding hydrogens is 400 g/mol. The van der Waals surface area contributed by atoms with Crippen molar-refractivity contribution in [1.82, 2.24) is 10.2 Å². The summed E-state index contributed by atoms with van der Waals surface area (Å²) >= 11 is 5.91. The Balaban J connectivity index is 1.68. The van der Waals surface area contributed by atoms with Crippen molar-refractivity contribution in [2.75, 3.05) is 17.3 Å². The molecule has 30 heavy (non-hydrogen) atoms. The van der Waals surface area contributed by atoms with Crippen LogP contribution in [0.25, 0.3) is 10.8 Å². The molecule has 0 radical (unpaired) electrons. The summed E-state index contributed by atoms with van der Waals surface area (Å²) in [6.45, 7) is 3.87. The molecule has 0 saturated carbocycles. The van der Waals surface area contributed by atoms with Gasteiger partial charge in [0.25, 0.3) is 0 Å². The molecule has 4 amide bonds. The van der Waals surface area contributed by atoms with Gasteiger partial charge in [-0.1, -0.05) is 48.0 Å². The monoisotopic (exact) mass is 422 g/mol. The van der Waals surface area contributed by atoms with Gasteiger partial charge in [-0.15, -0.1) is 0 Å². The van der Waals surface area contributed by atoms with Crippen LogP contribution in [0.3, 0.4) is 0 Å². The first-order chi connectivity index (χ1) is 14.3. The normalized spacial score (nSPS) is 18.0. The molecule has 0 aliphatic carbocycles. The molecule has 6 nitrogen and oxygen atoms in total. The van der Waals surface area contributed by atoms with Gasteiger partial charge in [0, 0.05) is 23.1 Å². The average Bonchev–Trinajstić information content (AvgIpc) is 2.89. The van der Waals surface area contributed by atoms with Crippen LogP contribution in [-0.4, -0.2) is 35.7 Å². The molecule has 0 unspecified atom stereocenters. The maximum Gasteiger partial charge on any atom is 0.326 e. The number of rotatable bonds is 3. The molecule has 7 heteroatoms. The highest BCUT2D eigenvalue weighted by Crippen LogP contribution is 2.37. The number of benzene rings is 3. The Bertz CT molecular complexity index is 1110. The van der Waals surface area contributed by atoms with E-state index in [1.807, 2.05) is 56.3 Å². The molecule has 1 saturated heterocycles. The molecule has 154 valence electrons. The second-order valence-electron chi connectivity index (χ2n) is 7.87. The molecule has 2 N–H and O–H groups in total. The quantitative estimate of drug-likeness (QED) is 0.602. The van der Waals surface area contributed by atoms with E-state index in [2.05, 4.69) is 10.6 Å². The third-order valence-corrected chi connectivity index (χ3v) is 5.93. The van der Waals surface area contributed by atoms with Crippen LogP contribution in [0, 0.1) is 0 Å². The highest BCUT2D eigenvalue weighted by molar-refractivity contribution is 6.30. The van der Waals surface area contributed by atoms with Crippen molar-refractivity contribution in [3.8, 4) is 0 Å². The number of carbonyl (C=O) groups is 2. The van der Waals surface area contributed by atoms with Crippen molar-refractivity contribution < 1.29 is 9.59 Å². The molecule has 1 heterocycles. The van der Waals surface area contributed by atoms with Crippen molar-refractivity contribution in [2.24, 2.45) is 0 Å². The Hall–Kier alpha value is -3.25. The van der Waals surface area contributed by atoms with E-state index in [0.717, 1.165) is 16.5 Å². The van der Waals surface area contributed by atoms with Crippen LogP contribution in [0.5, 0.6) is 0 Å². The summed E-state index contributed by atoms with van der Waals surface area (Å²) in [5, 5.41) is 8.36. The second kappa shape index (κ2) is 7.54. The Morgan fingerprint density at radius 3 is 2.40 bits per heavy atom. The first-order valence-electron chi connectivity index (χ1n) is 9.67. The Morgan fingerprint density at radius 2 is 1.67 bits per heavy atom. The number of amides is 4. The highest BCUT2D eigenvalue weighted by atomic mass is 35.5. The van der Waals surface area contributed by atoms with Gasteiger partial charge in [-0.2, -0.15) is 0 Å². The van der Waals surface area contributed by atoms with Gasteiger partial charge in [-0.3, -0.25) is 4.90 Å². The summed E-state index contributed by atoms with van der Waals surface area (Å²) in [5.74, 6) is 0. The van der Waals surface area contributed by atoms with E-state index in [-0.39, 0.29) is 6.03 Å². The smallest absolute Gasteiger partial charge is 0.318 e. The Kier molecular flexibility index (Phi) is 5.03. The third kappa shape index (κ3) is 3.44. The molecule has 3 aromatic rings. The van der Waals surface area contributed by atoms with E-state index < -0.39 is 17.7 Å². The maximum absolute atomic E-state index is 13.2. The number of urea groups is 2. The molecule has 1 atom stereocenters. The summed E-state index contributed by atoms with van der Waals surface area (Å²) in [7, 11) is 1.75. The van der Waals surface area contributed by atoms with Gasteiger partial charge in [-0.25, -0.2) is 9.59 Å². The van der Waals surface area contributed by atoms with Crippen molar-refractivity contribution in [3.63, 3.8) is 0 Å². The zero-order chi connectivity index (χ0) is 21.5. The number of fused-ring (bicyclic) bond motifs is 1. The summed E-state index contributed by atoms with van der Waals surface area (Å²) < 4.78 is 0. The van der Waals surface area contributed by atoms with Crippen LogP contribution in [0.1, 0.15) is 13.8 Å². The minimum absolute atomic E-state index is 0.173. The number of likely N-dealkylation sites (N-methyl/N-ethyl adjacent to an activating group) is 1. The SMILES string of the molecule is CN1C(=O)N(c2cccc3ccccc23)[C@@H](NC(=O)Nc2ccc(Cl)cc2)C1(C)C. The minimum atomic E-state index is -0.634. The fourth-order valence-electron chi connectivity index (χ4n) is 3.74. The van der Waals surface area contributed by atoms with Crippen LogP contribution in [0.4, 0.5) is 21.0 Å². The standard InChI is InChI=1S/C23H23ClN4O2/c1-23(2)20(26-21(29)25-17-13-11-16(24)12-14-17)28(22(30)27(23)3)19-10-6-8-15-7-4-5-9-18(15)19/h4-14,20H,1-3H3,(H2,25,26,29)/t20-/m1/s1. The zero-order valence-electron chi connectivity index (χ0n) is 17.0. The van der Waals surface area contributed by atoms with E-state index in [4.69, 9.17) is 11.6 Å². The number of nitrogens with one attached hydrogen (secondary N) is 2. The summed E-state index contributed by atoms with van der Waals surface area (Å²) in [6.07, 6.45) is -0.576. The fraction of sp³-hybridized carbons (Fsp3) is 0.217. The zero-order valence-corrected chi connectivity index (χ0v) is 17.8. The Morgan fingerprint density at radius 1 is 1.00 bits per heavy atom. The Labute approximate surface area is 180 Å². The second-order valence-corrected chi connectivity index (χ2v) is 8.31. The molecular formula is C23H23ClN4O2. The van der Waals surface area contributed by atoms with Gasteiger partial charge in [0.05, 0.1) is 11.2 Å². The molecule has 0 bridgehead atoms. The van der Waals surface area contributed by atoms with E-state index in [9.17, 15) is 9.59 Å². The molecule has 0 aromatic heterocycles. The van der Waals surface area contributed by atoms with Crippen molar-refractivity contribution in [3.05, 3.63) is 71.8 Å². The van der Waals surface area contributed by atoms with Gasteiger partial charge in [0.15, 0.2) is 0 Å². The maximum atomic E-state index is 13.2. The number of carbonyl (C=O) groups excluding carboxylic acids is 2. The van der Waals surface area contributed by atoms with E-state index in [0.29, 0.717) is 10.7 Å². The molecule has 1 aliphatic rings. The van der Waals surface area contributed by atoms with Gasteiger partial charge in [0.1, 0.15) is 6.17 Å².